The van der Waals surface area contributed by atoms with E-state index in [1.54, 1.807) is 11.0 Å². The van der Waals surface area contributed by atoms with Crippen molar-refractivity contribution in [2.45, 2.75) is 25.9 Å². The van der Waals surface area contributed by atoms with Gasteiger partial charge in [0.1, 0.15) is 5.75 Å². The summed E-state index contributed by atoms with van der Waals surface area (Å²) in [4.78, 5) is 18.4. The third-order valence-electron chi connectivity index (χ3n) is 3.80. The first-order chi connectivity index (χ1) is 9.72. The molecule has 1 atom stereocenters. The maximum Gasteiger partial charge on any atom is 0.276 e. The molecule has 0 saturated heterocycles. The third-order valence-corrected chi connectivity index (χ3v) is 3.80. The Morgan fingerprint density at radius 3 is 3.00 bits per heavy atom. The normalized spacial score (nSPS) is 17.9. The minimum atomic E-state index is -0.206. The molecule has 0 aliphatic carbocycles. The van der Waals surface area contributed by atoms with Crippen molar-refractivity contribution in [3.05, 3.63) is 48.0 Å². The fourth-order valence-electron chi connectivity index (χ4n) is 2.83. The largest absolute Gasteiger partial charge is 0.505 e. The van der Waals surface area contributed by atoms with Gasteiger partial charge in [-0.15, -0.1) is 0 Å². The van der Waals surface area contributed by atoms with Crippen LogP contribution in [0.1, 0.15) is 35.6 Å². The summed E-state index contributed by atoms with van der Waals surface area (Å²) >= 11 is 0. The quantitative estimate of drug-likeness (QED) is 0.911. The Balaban J connectivity index is 1.95. The van der Waals surface area contributed by atoms with E-state index in [9.17, 15) is 9.90 Å². The molecule has 0 bridgehead atoms. The fraction of sp³-hybridized carbons (Fsp3) is 0.333. The highest BCUT2D eigenvalue weighted by molar-refractivity contribution is 5.95. The summed E-state index contributed by atoms with van der Waals surface area (Å²) in [5, 5.41) is 9.81. The van der Waals surface area contributed by atoms with Crippen LogP contribution in [0, 0.1) is 0 Å². The number of aromatic hydroxyl groups is 1. The van der Waals surface area contributed by atoms with Gasteiger partial charge in [-0.05, 0) is 30.7 Å². The molecule has 0 saturated carbocycles. The predicted octanol–water partition coefficient (Wildman–Crippen LogP) is 2.20. The molecular weight excluding hydrogens is 254 g/mol. The molecule has 5 heteroatoms. The Bertz CT molecular complexity index is 636. The number of hydrogen-bond donors (Lipinski definition) is 1. The van der Waals surface area contributed by atoms with Crippen molar-refractivity contribution in [3.8, 4) is 5.75 Å². The van der Waals surface area contributed by atoms with Gasteiger partial charge in [-0.25, -0.2) is 4.98 Å². The van der Waals surface area contributed by atoms with Crippen LogP contribution in [0.4, 0.5) is 0 Å². The number of nitrogens with zero attached hydrogens (tertiary/aromatic N) is 3. The van der Waals surface area contributed by atoms with Crippen molar-refractivity contribution in [1.29, 1.82) is 0 Å². The molecule has 0 fully saturated rings. The highest BCUT2D eigenvalue weighted by atomic mass is 16.3. The van der Waals surface area contributed by atoms with E-state index in [-0.39, 0.29) is 23.4 Å². The van der Waals surface area contributed by atoms with Crippen molar-refractivity contribution < 1.29 is 9.90 Å². The first-order valence-corrected chi connectivity index (χ1v) is 6.82. The number of fused-ring (bicyclic) bond motifs is 1. The van der Waals surface area contributed by atoms with E-state index in [4.69, 9.17) is 0 Å². The first-order valence-electron chi connectivity index (χ1n) is 6.82. The summed E-state index contributed by atoms with van der Waals surface area (Å²) in [7, 11) is 0. The molecule has 0 unspecified atom stereocenters. The van der Waals surface area contributed by atoms with Crippen LogP contribution in [-0.4, -0.2) is 32.0 Å². The molecule has 0 spiro atoms. The number of aromatic nitrogens is 2. The SMILES string of the molecule is CC[C@@H]1c2cccn2CCN1C(=O)c1ncccc1O. The van der Waals surface area contributed by atoms with Gasteiger partial charge >= 0.3 is 0 Å². The summed E-state index contributed by atoms with van der Waals surface area (Å²) < 4.78 is 2.18. The Kier molecular flexibility index (Phi) is 3.18. The van der Waals surface area contributed by atoms with E-state index >= 15 is 0 Å². The maximum absolute atomic E-state index is 12.6. The topological polar surface area (TPSA) is 58.4 Å². The zero-order chi connectivity index (χ0) is 14.1. The van der Waals surface area contributed by atoms with Gasteiger partial charge in [0, 0.05) is 31.2 Å². The Morgan fingerprint density at radius 1 is 1.40 bits per heavy atom. The number of carbonyl (C=O) groups is 1. The van der Waals surface area contributed by atoms with Gasteiger partial charge in [-0.2, -0.15) is 0 Å². The number of amides is 1. The lowest BCUT2D eigenvalue weighted by atomic mass is 10.1. The summed E-state index contributed by atoms with van der Waals surface area (Å²) in [6, 6.07) is 7.20. The van der Waals surface area contributed by atoms with Crippen molar-refractivity contribution >= 4 is 5.91 Å². The van der Waals surface area contributed by atoms with Crippen LogP contribution < -0.4 is 0 Å². The van der Waals surface area contributed by atoms with Crippen LogP contribution in [-0.2, 0) is 6.54 Å². The molecule has 1 amide bonds. The molecule has 1 N–H and O–H groups in total. The second-order valence-electron chi connectivity index (χ2n) is 4.92. The van der Waals surface area contributed by atoms with Crippen molar-refractivity contribution in [2.24, 2.45) is 0 Å². The zero-order valence-corrected chi connectivity index (χ0v) is 11.4. The van der Waals surface area contributed by atoms with Gasteiger partial charge in [-0.1, -0.05) is 6.92 Å². The summed E-state index contributed by atoms with van der Waals surface area (Å²) in [5.74, 6) is -0.268. The Morgan fingerprint density at radius 2 is 2.25 bits per heavy atom. The van der Waals surface area contributed by atoms with Crippen LogP contribution in [0.5, 0.6) is 5.75 Å². The standard InChI is InChI=1S/C15H17N3O2/c1-2-11-12-5-4-8-17(12)9-10-18(11)15(20)14-13(19)6-3-7-16-14/h3-8,11,19H,2,9-10H2,1H3/t11-/m1/s1. The molecule has 2 aromatic heterocycles. The molecular formula is C15H17N3O2. The minimum Gasteiger partial charge on any atom is -0.505 e. The van der Waals surface area contributed by atoms with Gasteiger partial charge in [0.05, 0.1) is 6.04 Å². The predicted molar refractivity (Wildman–Crippen MR) is 74.4 cm³/mol. The van der Waals surface area contributed by atoms with E-state index in [1.165, 1.54) is 12.3 Å². The van der Waals surface area contributed by atoms with Crippen LogP contribution >= 0.6 is 0 Å². The molecule has 1 aliphatic heterocycles. The van der Waals surface area contributed by atoms with Crippen molar-refractivity contribution in [3.63, 3.8) is 0 Å². The highest BCUT2D eigenvalue weighted by Gasteiger charge is 2.31. The lowest BCUT2D eigenvalue weighted by Gasteiger charge is -2.36. The lowest BCUT2D eigenvalue weighted by Crippen LogP contribution is -2.42. The monoisotopic (exact) mass is 271 g/mol. The minimum absolute atomic E-state index is 0.0349. The average molecular weight is 271 g/mol. The van der Waals surface area contributed by atoms with Gasteiger partial charge in [0.15, 0.2) is 5.69 Å². The second-order valence-corrected chi connectivity index (χ2v) is 4.92. The molecule has 2 aromatic rings. The molecule has 104 valence electrons. The summed E-state index contributed by atoms with van der Waals surface area (Å²) in [6.07, 6.45) is 4.40. The number of carbonyl (C=O) groups excluding carboxylic acids is 1. The van der Waals surface area contributed by atoms with Crippen LogP contribution in [0.3, 0.4) is 0 Å². The van der Waals surface area contributed by atoms with Crippen LogP contribution in [0.25, 0.3) is 0 Å². The molecule has 3 rings (SSSR count). The van der Waals surface area contributed by atoms with Gasteiger partial charge in [0.25, 0.3) is 5.91 Å². The molecule has 20 heavy (non-hydrogen) atoms. The van der Waals surface area contributed by atoms with Crippen molar-refractivity contribution in [2.75, 3.05) is 6.54 Å². The van der Waals surface area contributed by atoms with Crippen molar-refractivity contribution in [1.82, 2.24) is 14.5 Å². The lowest BCUT2D eigenvalue weighted by molar-refractivity contribution is 0.0608. The second kappa shape index (κ2) is 5.00. The van der Waals surface area contributed by atoms with E-state index in [1.807, 2.05) is 18.3 Å². The number of pyridine rings is 1. The third kappa shape index (κ3) is 1.95. The Hall–Kier alpha value is -2.30. The van der Waals surface area contributed by atoms with Crippen LogP contribution in [0.15, 0.2) is 36.7 Å². The smallest absolute Gasteiger partial charge is 0.276 e. The maximum atomic E-state index is 12.6. The zero-order valence-electron chi connectivity index (χ0n) is 11.4. The van der Waals surface area contributed by atoms with Crippen LogP contribution in [0.2, 0.25) is 0 Å². The molecule has 1 aliphatic rings. The summed E-state index contributed by atoms with van der Waals surface area (Å²) in [5.41, 5.74) is 1.27. The molecule has 3 heterocycles. The summed E-state index contributed by atoms with van der Waals surface area (Å²) in [6.45, 7) is 3.47. The van der Waals surface area contributed by atoms with Gasteiger partial charge < -0.3 is 14.6 Å². The van der Waals surface area contributed by atoms with E-state index < -0.39 is 0 Å². The first kappa shape index (κ1) is 12.7. The fourth-order valence-corrected chi connectivity index (χ4v) is 2.83. The number of rotatable bonds is 2. The molecule has 0 aromatic carbocycles. The average Bonchev–Trinajstić information content (AvgIpc) is 2.94. The number of hydrogen-bond acceptors (Lipinski definition) is 3. The highest BCUT2D eigenvalue weighted by Crippen LogP contribution is 2.30. The Labute approximate surface area is 117 Å². The molecule has 5 nitrogen and oxygen atoms in total. The molecule has 0 radical (unpaired) electrons. The van der Waals surface area contributed by atoms with Gasteiger partial charge in [0.2, 0.25) is 0 Å². The van der Waals surface area contributed by atoms with Gasteiger partial charge in [-0.3, -0.25) is 4.79 Å². The van der Waals surface area contributed by atoms with E-state index in [0.717, 1.165) is 18.7 Å². The van der Waals surface area contributed by atoms with E-state index in [0.29, 0.717) is 6.54 Å². The van der Waals surface area contributed by atoms with E-state index in [2.05, 4.69) is 16.5 Å².